The predicted octanol–water partition coefficient (Wildman–Crippen LogP) is 2.82. The fourth-order valence-electron chi connectivity index (χ4n) is 4.11. The van der Waals surface area contributed by atoms with Crippen LogP contribution in [0.1, 0.15) is 54.5 Å². The molecule has 0 radical (unpaired) electrons. The topological polar surface area (TPSA) is 59.4 Å². The lowest BCUT2D eigenvalue weighted by Crippen LogP contribution is -2.36. The summed E-state index contributed by atoms with van der Waals surface area (Å²) in [4.78, 5) is 38.9. The molecule has 5 heteroatoms. The van der Waals surface area contributed by atoms with Crippen LogP contribution in [0, 0.1) is 25.7 Å². The maximum absolute atomic E-state index is 12.7. The zero-order valence-electron chi connectivity index (χ0n) is 14.7. The lowest BCUT2D eigenvalue weighted by Gasteiger charge is -2.15. The van der Waals surface area contributed by atoms with Crippen LogP contribution < -0.4 is 0 Å². The number of carbonyl (C=O) groups excluding carboxylic acids is 3. The van der Waals surface area contributed by atoms with Crippen molar-refractivity contribution in [1.82, 2.24) is 9.47 Å². The van der Waals surface area contributed by atoms with E-state index >= 15 is 0 Å². The van der Waals surface area contributed by atoms with Crippen molar-refractivity contribution in [1.29, 1.82) is 0 Å². The molecule has 5 nitrogen and oxygen atoms in total. The number of nitrogens with zero attached hydrogens (tertiary/aromatic N) is 2. The minimum atomic E-state index is -0.279. The van der Waals surface area contributed by atoms with Gasteiger partial charge in [0.1, 0.15) is 0 Å². The molecule has 24 heavy (non-hydrogen) atoms. The van der Waals surface area contributed by atoms with E-state index in [1.54, 1.807) is 0 Å². The molecule has 1 aliphatic heterocycles. The Morgan fingerprint density at radius 3 is 2.12 bits per heavy atom. The summed E-state index contributed by atoms with van der Waals surface area (Å²) >= 11 is 0. The lowest BCUT2D eigenvalue weighted by molar-refractivity contribution is -0.139. The number of fused-ring (bicyclic) bond motifs is 1. The Hall–Kier alpha value is -2.17. The Balaban J connectivity index is 1.82. The number of Topliss-reactive ketones (excluding diaryl/α,β-unsaturated/α-hetero) is 1. The van der Waals surface area contributed by atoms with Crippen LogP contribution in [0.5, 0.6) is 0 Å². The molecule has 2 aliphatic rings. The van der Waals surface area contributed by atoms with E-state index in [1.165, 1.54) is 4.90 Å². The van der Waals surface area contributed by atoms with Gasteiger partial charge < -0.3 is 4.57 Å². The third-order valence-electron chi connectivity index (χ3n) is 5.20. The van der Waals surface area contributed by atoms with Crippen molar-refractivity contribution in [3.05, 3.63) is 35.2 Å². The highest BCUT2D eigenvalue weighted by Crippen LogP contribution is 2.35. The first-order valence-electron chi connectivity index (χ1n) is 8.54. The summed E-state index contributed by atoms with van der Waals surface area (Å²) in [5, 5.41) is 0. The third-order valence-corrected chi connectivity index (χ3v) is 5.20. The average molecular weight is 328 g/mol. The lowest BCUT2D eigenvalue weighted by atomic mass is 9.85. The highest BCUT2D eigenvalue weighted by atomic mass is 16.2. The van der Waals surface area contributed by atoms with Gasteiger partial charge in [-0.3, -0.25) is 19.3 Å². The average Bonchev–Trinajstić information content (AvgIpc) is 2.97. The second-order valence-electron chi connectivity index (χ2n) is 7.09. The van der Waals surface area contributed by atoms with Gasteiger partial charge in [0.05, 0.1) is 18.4 Å². The van der Waals surface area contributed by atoms with Crippen molar-refractivity contribution in [3.8, 4) is 0 Å². The van der Waals surface area contributed by atoms with E-state index in [-0.39, 0.29) is 42.0 Å². The first-order valence-corrected chi connectivity index (χ1v) is 8.54. The van der Waals surface area contributed by atoms with Crippen LogP contribution in [0.15, 0.2) is 18.2 Å². The summed E-state index contributed by atoms with van der Waals surface area (Å²) in [7, 11) is 0. The molecule has 128 valence electrons. The number of hydrogen-bond acceptors (Lipinski definition) is 3. The minimum absolute atomic E-state index is 0.146. The zero-order valence-corrected chi connectivity index (χ0v) is 14.7. The van der Waals surface area contributed by atoms with E-state index in [9.17, 15) is 14.4 Å². The molecule has 2 heterocycles. The van der Waals surface area contributed by atoms with Crippen LogP contribution in [0.3, 0.4) is 0 Å². The highest BCUT2D eigenvalue weighted by molar-refractivity contribution is 6.10. The molecule has 1 aliphatic carbocycles. The summed E-state index contributed by atoms with van der Waals surface area (Å²) in [6.07, 6.45) is 5.10. The number of aromatic nitrogens is 1. The van der Waals surface area contributed by atoms with Crippen LogP contribution in [-0.2, 0) is 9.59 Å². The molecule has 0 unspecified atom stereocenters. The quantitative estimate of drug-likeness (QED) is 0.485. The molecule has 0 aromatic carbocycles. The van der Waals surface area contributed by atoms with Crippen molar-refractivity contribution in [2.45, 2.75) is 46.6 Å². The van der Waals surface area contributed by atoms with Crippen LogP contribution in [-0.4, -0.2) is 33.6 Å². The monoisotopic (exact) mass is 328 g/mol. The molecule has 1 aromatic heterocycles. The zero-order chi connectivity index (χ0) is 17.6. The number of ketones is 1. The number of imide groups is 1. The molecular formula is C19H24N2O3. The molecule has 2 amide bonds. The van der Waals surface area contributed by atoms with Crippen LogP contribution in [0.2, 0.25) is 0 Å². The van der Waals surface area contributed by atoms with Gasteiger partial charge in [0.25, 0.3) is 0 Å². The van der Waals surface area contributed by atoms with Crippen LogP contribution >= 0.6 is 0 Å². The van der Waals surface area contributed by atoms with Crippen molar-refractivity contribution in [2.75, 3.05) is 6.54 Å². The minimum Gasteiger partial charge on any atom is -0.346 e. The Labute approximate surface area is 142 Å². The molecule has 2 atom stereocenters. The van der Waals surface area contributed by atoms with Crippen molar-refractivity contribution in [2.24, 2.45) is 11.8 Å². The van der Waals surface area contributed by atoms with Gasteiger partial charge in [0.15, 0.2) is 5.78 Å². The Bertz CT molecular complexity index is 716. The fourth-order valence-corrected chi connectivity index (χ4v) is 4.11. The molecule has 0 bridgehead atoms. The van der Waals surface area contributed by atoms with E-state index in [2.05, 4.69) is 18.4 Å². The molecule has 0 spiro atoms. The van der Waals surface area contributed by atoms with Gasteiger partial charge in [0, 0.05) is 23.0 Å². The van der Waals surface area contributed by atoms with Crippen molar-refractivity contribution >= 4 is 17.6 Å². The maximum atomic E-state index is 12.7. The van der Waals surface area contributed by atoms with Gasteiger partial charge in [-0.25, -0.2) is 0 Å². The number of hydrogen-bond donors (Lipinski definition) is 0. The largest absolute Gasteiger partial charge is 0.346 e. The summed E-state index contributed by atoms with van der Waals surface area (Å²) in [6.45, 7) is 7.87. The summed E-state index contributed by atoms with van der Waals surface area (Å²) < 4.78 is 2.10. The van der Waals surface area contributed by atoms with Crippen molar-refractivity contribution < 1.29 is 14.4 Å². The van der Waals surface area contributed by atoms with Gasteiger partial charge in [0.2, 0.25) is 11.8 Å². The SMILES string of the molecule is Cc1cc(C(=O)CN2C(=O)[C@H]3CC=CC[C@@H]3C2=O)c(C)n1C(C)C. The molecular weight excluding hydrogens is 304 g/mol. The summed E-state index contributed by atoms with van der Waals surface area (Å²) in [6, 6.07) is 2.12. The van der Waals surface area contributed by atoms with E-state index in [4.69, 9.17) is 0 Å². The van der Waals surface area contributed by atoms with E-state index < -0.39 is 0 Å². The van der Waals surface area contributed by atoms with Crippen LogP contribution in [0.4, 0.5) is 0 Å². The van der Waals surface area contributed by atoms with Gasteiger partial charge in [-0.15, -0.1) is 0 Å². The first kappa shape index (κ1) is 16.7. The standard InChI is InChI=1S/C19H24N2O3/c1-11(2)21-12(3)9-16(13(21)4)17(22)10-20-18(23)14-7-5-6-8-15(14)19(20)24/h5-6,9,11,14-15H,7-8,10H2,1-4H3/t14-,15-/m0/s1. The second-order valence-corrected chi connectivity index (χ2v) is 7.09. The number of allylic oxidation sites excluding steroid dienone is 2. The normalized spacial score (nSPS) is 23.3. The van der Waals surface area contributed by atoms with E-state index in [1.807, 2.05) is 32.1 Å². The smallest absolute Gasteiger partial charge is 0.233 e. The van der Waals surface area contributed by atoms with Gasteiger partial charge >= 0.3 is 0 Å². The van der Waals surface area contributed by atoms with E-state index in [0.717, 1.165) is 11.4 Å². The predicted molar refractivity (Wildman–Crippen MR) is 90.7 cm³/mol. The Morgan fingerprint density at radius 2 is 1.67 bits per heavy atom. The number of likely N-dealkylation sites (tertiary alicyclic amines) is 1. The van der Waals surface area contributed by atoms with E-state index in [0.29, 0.717) is 18.4 Å². The molecule has 1 aromatic rings. The van der Waals surface area contributed by atoms with Gasteiger partial charge in [-0.2, -0.15) is 0 Å². The molecule has 0 N–H and O–H groups in total. The third kappa shape index (κ3) is 2.52. The molecule has 1 fully saturated rings. The summed E-state index contributed by atoms with van der Waals surface area (Å²) in [5.41, 5.74) is 2.52. The Kier molecular flexibility index (Phi) is 4.20. The number of amides is 2. The first-order chi connectivity index (χ1) is 11.3. The number of aryl methyl sites for hydroxylation is 1. The maximum Gasteiger partial charge on any atom is 0.233 e. The second kappa shape index (κ2) is 6.04. The van der Waals surface area contributed by atoms with Gasteiger partial charge in [-0.1, -0.05) is 12.2 Å². The van der Waals surface area contributed by atoms with Crippen molar-refractivity contribution in [3.63, 3.8) is 0 Å². The molecule has 3 rings (SSSR count). The number of rotatable bonds is 4. The molecule has 0 saturated carbocycles. The summed E-state index contributed by atoms with van der Waals surface area (Å²) in [5.74, 6) is -1.11. The Morgan fingerprint density at radius 1 is 1.12 bits per heavy atom. The molecule has 1 saturated heterocycles. The fraction of sp³-hybridized carbons (Fsp3) is 0.526. The van der Waals surface area contributed by atoms with Crippen LogP contribution in [0.25, 0.3) is 0 Å². The van der Waals surface area contributed by atoms with Gasteiger partial charge in [-0.05, 0) is 46.6 Å². The number of carbonyl (C=O) groups is 3. The highest BCUT2D eigenvalue weighted by Gasteiger charge is 2.47.